The minimum absolute atomic E-state index is 0.0157. The van der Waals surface area contributed by atoms with Crippen molar-refractivity contribution in [2.75, 3.05) is 32.1 Å². The van der Waals surface area contributed by atoms with Crippen LogP contribution in [0.15, 0.2) is 18.2 Å². The Morgan fingerprint density at radius 2 is 2.04 bits per heavy atom. The molecule has 6 nitrogen and oxygen atoms in total. The van der Waals surface area contributed by atoms with Crippen LogP contribution in [0.5, 0.6) is 0 Å². The van der Waals surface area contributed by atoms with Crippen LogP contribution in [0.2, 0.25) is 0 Å². The first-order valence-corrected chi connectivity index (χ1v) is 7.98. The van der Waals surface area contributed by atoms with Gasteiger partial charge in [-0.3, -0.25) is 9.59 Å². The van der Waals surface area contributed by atoms with Crippen LogP contribution < -0.4 is 11.1 Å². The van der Waals surface area contributed by atoms with Crippen LogP contribution in [-0.2, 0) is 9.53 Å². The highest BCUT2D eigenvalue weighted by atomic mass is 16.5. The number of rotatable bonds is 6. The van der Waals surface area contributed by atoms with Gasteiger partial charge in [0.2, 0.25) is 5.91 Å². The Morgan fingerprint density at radius 1 is 1.35 bits per heavy atom. The molecule has 0 radical (unpaired) electrons. The van der Waals surface area contributed by atoms with Gasteiger partial charge in [-0.2, -0.15) is 0 Å². The van der Waals surface area contributed by atoms with Crippen LogP contribution in [0.1, 0.15) is 35.2 Å². The third kappa shape index (κ3) is 4.30. The van der Waals surface area contributed by atoms with Gasteiger partial charge >= 0.3 is 0 Å². The van der Waals surface area contributed by atoms with E-state index in [9.17, 15) is 9.59 Å². The second-order valence-corrected chi connectivity index (χ2v) is 5.84. The number of hydrogen-bond acceptors (Lipinski definition) is 4. The zero-order chi connectivity index (χ0) is 16.8. The summed E-state index contributed by atoms with van der Waals surface area (Å²) >= 11 is 0. The van der Waals surface area contributed by atoms with E-state index in [1.165, 1.54) is 7.11 Å². The summed E-state index contributed by atoms with van der Waals surface area (Å²) in [6, 6.07) is 5.48. The number of carbonyl (C=O) groups is 2. The number of benzene rings is 1. The number of nitrogens with two attached hydrogens (primary N) is 1. The summed E-state index contributed by atoms with van der Waals surface area (Å²) < 4.78 is 5.13. The Labute approximate surface area is 137 Å². The number of hydrogen-bond donors (Lipinski definition) is 2. The van der Waals surface area contributed by atoms with Crippen molar-refractivity contribution in [3.63, 3.8) is 0 Å². The van der Waals surface area contributed by atoms with Crippen molar-refractivity contribution in [3.8, 4) is 0 Å². The topological polar surface area (TPSA) is 84.7 Å². The van der Waals surface area contributed by atoms with Gasteiger partial charge in [-0.1, -0.05) is 12.1 Å². The molecule has 3 N–H and O–H groups in total. The maximum atomic E-state index is 12.7. The minimum Gasteiger partial charge on any atom is -0.380 e. The third-order valence-corrected chi connectivity index (χ3v) is 4.16. The van der Waals surface area contributed by atoms with E-state index in [-0.39, 0.29) is 30.9 Å². The summed E-state index contributed by atoms with van der Waals surface area (Å²) in [4.78, 5) is 26.8. The van der Waals surface area contributed by atoms with E-state index in [4.69, 9.17) is 10.5 Å². The van der Waals surface area contributed by atoms with Gasteiger partial charge in [0.1, 0.15) is 0 Å². The van der Waals surface area contributed by atoms with Crippen LogP contribution >= 0.6 is 0 Å². The summed E-state index contributed by atoms with van der Waals surface area (Å²) in [5.41, 5.74) is 7.53. The predicted molar refractivity (Wildman–Crippen MR) is 89.4 cm³/mol. The Hall–Kier alpha value is -1.92. The first kappa shape index (κ1) is 17.4. The van der Waals surface area contributed by atoms with Gasteiger partial charge in [0, 0.05) is 26.7 Å². The van der Waals surface area contributed by atoms with E-state index in [2.05, 4.69) is 5.32 Å². The van der Waals surface area contributed by atoms with Crippen LogP contribution in [0.3, 0.4) is 0 Å². The SMILES string of the molecule is COC(CN)CC(=O)Nc1cccc(C)c1C(=O)N1CCCC1. The number of carbonyl (C=O) groups excluding carboxylic acids is 2. The molecule has 1 aromatic rings. The van der Waals surface area contributed by atoms with E-state index in [1.54, 1.807) is 6.07 Å². The fourth-order valence-electron chi connectivity index (χ4n) is 2.81. The lowest BCUT2D eigenvalue weighted by Crippen LogP contribution is -2.31. The molecule has 6 heteroatoms. The van der Waals surface area contributed by atoms with Crippen molar-refractivity contribution in [1.82, 2.24) is 4.90 Å². The van der Waals surface area contributed by atoms with Crippen LogP contribution in [0.4, 0.5) is 5.69 Å². The number of ether oxygens (including phenoxy) is 1. The van der Waals surface area contributed by atoms with Crippen molar-refractivity contribution >= 4 is 17.5 Å². The van der Waals surface area contributed by atoms with E-state index in [0.717, 1.165) is 31.5 Å². The van der Waals surface area contributed by atoms with Crippen molar-refractivity contribution in [2.45, 2.75) is 32.3 Å². The monoisotopic (exact) mass is 319 g/mol. The molecule has 1 aliphatic heterocycles. The number of methoxy groups -OCH3 is 1. The number of likely N-dealkylation sites (tertiary alicyclic amines) is 1. The van der Waals surface area contributed by atoms with Gasteiger partial charge in [0.25, 0.3) is 5.91 Å². The molecule has 0 aliphatic carbocycles. The van der Waals surface area contributed by atoms with Gasteiger partial charge < -0.3 is 20.7 Å². The van der Waals surface area contributed by atoms with E-state index >= 15 is 0 Å². The molecule has 2 rings (SSSR count). The second kappa shape index (κ2) is 8.08. The summed E-state index contributed by atoms with van der Waals surface area (Å²) in [7, 11) is 1.53. The highest BCUT2D eigenvalue weighted by Gasteiger charge is 2.24. The van der Waals surface area contributed by atoms with E-state index < -0.39 is 0 Å². The second-order valence-electron chi connectivity index (χ2n) is 5.84. The van der Waals surface area contributed by atoms with Gasteiger partial charge in [-0.05, 0) is 31.4 Å². The van der Waals surface area contributed by atoms with Gasteiger partial charge in [-0.15, -0.1) is 0 Å². The van der Waals surface area contributed by atoms with Gasteiger partial charge in [-0.25, -0.2) is 0 Å². The third-order valence-electron chi connectivity index (χ3n) is 4.16. The van der Waals surface area contributed by atoms with Crippen LogP contribution in [0, 0.1) is 6.92 Å². The maximum Gasteiger partial charge on any atom is 0.256 e. The van der Waals surface area contributed by atoms with Crippen molar-refractivity contribution in [1.29, 1.82) is 0 Å². The molecule has 0 aromatic heterocycles. The quantitative estimate of drug-likeness (QED) is 0.833. The molecule has 0 bridgehead atoms. The Balaban J connectivity index is 2.17. The largest absolute Gasteiger partial charge is 0.380 e. The molecule has 1 unspecified atom stereocenters. The molecule has 23 heavy (non-hydrogen) atoms. The Bertz CT molecular complexity index is 564. The average molecular weight is 319 g/mol. The number of amides is 2. The lowest BCUT2D eigenvalue weighted by molar-refractivity contribution is -0.118. The van der Waals surface area contributed by atoms with Gasteiger partial charge in [0.15, 0.2) is 0 Å². The Morgan fingerprint density at radius 3 is 2.65 bits per heavy atom. The molecule has 1 saturated heterocycles. The van der Waals surface area contributed by atoms with Crippen molar-refractivity contribution in [2.24, 2.45) is 5.73 Å². The molecular weight excluding hydrogens is 294 g/mol. The van der Waals surface area contributed by atoms with Crippen molar-refractivity contribution in [3.05, 3.63) is 29.3 Å². The number of nitrogens with one attached hydrogen (secondary N) is 1. The highest BCUT2D eigenvalue weighted by molar-refractivity contribution is 6.05. The minimum atomic E-state index is -0.322. The zero-order valence-corrected chi connectivity index (χ0v) is 13.8. The number of anilines is 1. The predicted octanol–water partition coefficient (Wildman–Crippen LogP) is 1.53. The normalized spacial score (nSPS) is 15.5. The van der Waals surface area contributed by atoms with Crippen LogP contribution in [-0.4, -0.2) is 49.6 Å². The van der Waals surface area contributed by atoms with E-state index in [1.807, 2.05) is 24.0 Å². The molecule has 0 saturated carbocycles. The molecule has 1 heterocycles. The fourth-order valence-corrected chi connectivity index (χ4v) is 2.81. The Kier molecular flexibility index (Phi) is 6.12. The van der Waals surface area contributed by atoms with Crippen molar-refractivity contribution < 1.29 is 14.3 Å². The summed E-state index contributed by atoms with van der Waals surface area (Å²) in [6.07, 6.45) is 1.91. The lowest BCUT2D eigenvalue weighted by atomic mass is 10.0. The molecule has 0 spiro atoms. The molecular formula is C17H25N3O3. The zero-order valence-electron chi connectivity index (χ0n) is 13.8. The molecule has 126 valence electrons. The molecule has 1 aromatic carbocycles. The maximum absolute atomic E-state index is 12.7. The molecule has 1 atom stereocenters. The number of aryl methyl sites for hydroxylation is 1. The van der Waals surface area contributed by atoms with Gasteiger partial charge in [0.05, 0.1) is 23.8 Å². The first-order valence-electron chi connectivity index (χ1n) is 7.98. The molecule has 2 amide bonds. The first-order chi connectivity index (χ1) is 11.1. The fraction of sp³-hybridized carbons (Fsp3) is 0.529. The smallest absolute Gasteiger partial charge is 0.256 e. The molecule has 1 fully saturated rings. The number of nitrogens with zero attached hydrogens (tertiary/aromatic N) is 1. The van der Waals surface area contributed by atoms with Crippen LogP contribution in [0.25, 0.3) is 0 Å². The highest BCUT2D eigenvalue weighted by Crippen LogP contribution is 2.24. The molecule has 1 aliphatic rings. The lowest BCUT2D eigenvalue weighted by Gasteiger charge is -2.20. The van der Waals surface area contributed by atoms with E-state index in [0.29, 0.717) is 11.3 Å². The standard InChI is InChI=1S/C17H25N3O3/c1-12-6-5-7-14(19-15(21)10-13(11-18)23-2)16(12)17(22)20-8-3-4-9-20/h5-7,13H,3-4,8-11,18H2,1-2H3,(H,19,21). The summed E-state index contributed by atoms with van der Waals surface area (Å²) in [6.45, 7) is 3.72. The average Bonchev–Trinajstić information content (AvgIpc) is 3.06. The summed E-state index contributed by atoms with van der Waals surface area (Å²) in [5.74, 6) is -0.221. The summed E-state index contributed by atoms with van der Waals surface area (Å²) in [5, 5.41) is 2.83.